The third-order valence-electron chi connectivity index (χ3n) is 4.11. The van der Waals surface area contributed by atoms with E-state index in [9.17, 15) is 0 Å². The molecule has 0 aliphatic carbocycles. The topological polar surface area (TPSA) is 0 Å². The van der Waals surface area contributed by atoms with E-state index in [1.165, 1.54) is 32.7 Å². The van der Waals surface area contributed by atoms with Crippen LogP contribution < -0.4 is 0 Å². The highest BCUT2D eigenvalue weighted by Gasteiger charge is 1.97. The van der Waals surface area contributed by atoms with Crippen molar-refractivity contribution in [2.75, 3.05) is 0 Å². The molecule has 0 saturated heterocycles. The van der Waals surface area contributed by atoms with Gasteiger partial charge in [0.25, 0.3) is 0 Å². The molecule has 114 valence electrons. The van der Waals surface area contributed by atoms with Gasteiger partial charge in [-0.3, -0.25) is 0 Å². The van der Waals surface area contributed by atoms with Gasteiger partial charge in [-0.05, 0) is 52.6 Å². The normalized spacial score (nSPS) is 10.3. The fraction of sp³-hybridized carbons (Fsp3) is 0.130. The molecule has 0 spiro atoms. The van der Waals surface area contributed by atoms with Crippen LogP contribution in [0, 0.1) is 6.92 Å². The van der Waals surface area contributed by atoms with Crippen molar-refractivity contribution in [3.63, 3.8) is 0 Å². The van der Waals surface area contributed by atoms with Crippen LogP contribution >= 0.6 is 0 Å². The molecule has 0 radical (unpaired) electrons. The lowest BCUT2D eigenvalue weighted by Crippen LogP contribution is -1.77. The van der Waals surface area contributed by atoms with Gasteiger partial charge < -0.3 is 0 Å². The van der Waals surface area contributed by atoms with Gasteiger partial charge in [0, 0.05) is 0 Å². The van der Waals surface area contributed by atoms with Crippen LogP contribution in [-0.2, 0) is 6.42 Å². The summed E-state index contributed by atoms with van der Waals surface area (Å²) in [6, 6.07) is 30.1. The summed E-state index contributed by atoms with van der Waals surface area (Å²) >= 11 is 0. The molecule has 0 heterocycles. The maximum absolute atomic E-state index is 2.26. The van der Waals surface area contributed by atoms with Crippen LogP contribution in [0.1, 0.15) is 18.1 Å². The summed E-state index contributed by atoms with van der Waals surface area (Å²) in [4.78, 5) is 0. The molecule has 0 heteroatoms. The van der Waals surface area contributed by atoms with Crippen LogP contribution in [0.5, 0.6) is 0 Å². The van der Waals surface area contributed by atoms with Crippen LogP contribution in [0.3, 0.4) is 0 Å². The molecule has 4 rings (SSSR count). The molecule has 0 N–H and O–H groups in total. The Labute approximate surface area is 138 Å². The molecule has 0 unspecified atom stereocenters. The standard InChI is InChI=1S/C15H12.C8H10/c1-11-6-7-14-9-12-4-2-3-5-13(12)10-15(14)8-11;1-2-8-6-4-3-5-7-8/h2-10H,1H3;3-7H,2H2,1H3. The van der Waals surface area contributed by atoms with Gasteiger partial charge in [-0.15, -0.1) is 0 Å². The second-order valence-electron chi connectivity index (χ2n) is 5.89. The fourth-order valence-electron chi connectivity index (χ4n) is 2.77. The molecule has 0 amide bonds. The third-order valence-corrected chi connectivity index (χ3v) is 4.11. The Morgan fingerprint density at radius 1 is 0.565 bits per heavy atom. The second kappa shape index (κ2) is 7.11. The summed E-state index contributed by atoms with van der Waals surface area (Å²) < 4.78 is 0. The minimum absolute atomic E-state index is 1.14. The van der Waals surface area contributed by atoms with E-state index >= 15 is 0 Å². The van der Waals surface area contributed by atoms with E-state index in [-0.39, 0.29) is 0 Å². The smallest absolute Gasteiger partial charge is 0.0175 e. The molecular weight excluding hydrogens is 276 g/mol. The molecule has 0 nitrogen and oxygen atoms in total. The lowest BCUT2D eigenvalue weighted by Gasteiger charge is -2.02. The Morgan fingerprint density at radius 3 is 1.74 bits per heavy atom. The van der Waals surface area contributed by atoms with Crippen LogP contribution in [0.15, 0.2) is 84.9 Å². The Bertz CT molecular complexity index is 905. The van der Waals surface area contributed by atoms with Gasteiger partial charge in [0.1, 0.15) is 0 Å². The van der Waals surface area contributed by atoms with E-state index in [4.69, 9.17) is 0 Å². The summed E-state index contributed by atoms with van der Waals surface area (Å²) in [6.45, 7) is 4.30. The Hall–Kier alpha value is -2.60. The van der Waals surface area contributed by atoms with E-state index in [1.807, 2.05) is 6.07 Å². The summed E-state index contributed by atoms with van der Waals surface area (Å²) in [7, 11) is 0. The lowest BCUT2D eigenvalue weighted by molar-refractivity contribution is 1.14. The van der Waals surface area contributed by atoms with E-state index in [2.05, 4.69) is 92.7 Å². The zero-order valence-corrected chi connectivity index (χ0v) is 13.8. The molecule has 0 atom stereocenters. The quantitative estimate of drug-likeness (QED) is 0.349. The number of hydrogen-bond donors (Lipinski definition) is 0. The van der Waals surface area contributed by atoms with Crippen molar-refractivity contribution in [2.24, 2.45) is 0 Å². The molecule has 23 heavy (non-hydrogen) atoms. The van der Waals surface area contributed by atoms with E-state index in [1.54, 1.807) is 0 Å². The van der Waals surface area contributed by atoms with Gasteiger partial charge >= 0.3 is 0 Å². The van der Waals surface area contributed by atoms with Crippen LogP contribution in [0.25, 0.3) is 21.5 Å². The Morgan fingerprint density at radius 2 is 1.13 bits per heavy atom. The van der Waals surface area contributed by atoms with Gasteiger partial charge in [-0.25, -0.2) is 0 Å². The molecule has 0 saturated carbocycles. The van der Waals surface area contributed by atoms with E-state index < -0.39 is 0 Å². The largest absolute Gasteiger partial charge is 0.0622 e. The minimum atomic E-state index is 1.14. The lowest BCUT2D eigenvalue weighted by atomic mass is 10.0. The van der Waals surface area contributed by atoms with E-state index in [0.717, 1.165) is 6.42 Å². The number of hydrogen-bond acceptors (Lipinski definition) is 0. The van der Waals surface area contributed by atoms with E-state index in [0.29, 0.717) is 0 Å². The van der Waals surface area contributed by atoms with Crippen molar-refractivity contribution < 1.29 is 0 Å². The highest BCUT2D eigenvalue weighted by Crippen LogP contribution is 2.23. The summed E-state index contributed by atoms with van der Waals surface area (Å²) in [5, 5.41) is 5.28. The average Bonchev–Trinajstić information content (AvgIpc) is 2.61. The number of benzene rings is 4. The first kappa shape index (κ1) is 15.3. The number of rotatable bonds is 1. The SMILES string of the molecule is CCc1ccccc1.Cc1ccc2cc3ccccc3cc2c1. The molecule has 4 aromatic carbocycles. The fourth-order valence-corrected chi connectivity index (χ4v) is 2.77. The maximum Gasteiger partial charge on any atom is -0.0175 e. The molecule has 4 aromatic rings. The first-order valence-corrected chi connectivity index (χ1v) is 8.19. The van der Waals surface area contributed by atoms with Gasteiger partial charge in [-0.1, -0.05) is 85.3 Å². The highest BCUT2D eigenvalue weighted by atomic mass is 14.0. The highest BCUT2D eigenvalue weighted by molar-refractivity contribution is 5.98. The maximum atomic E-state index is 2.26. The van der Waals surface area contributed by atoms with Gasteiger partial charge in [0.05, 0.1) is 0 Å². The zero-order chi connectivity index (χ0) is 16.1. The van der Waals surface area contributed by atoms with Gasteiger partial charge in [0.15, 0.2) is 0 Å². The number of aryl methyl sites for hydroxylation is 2. The number of fused-ring (bicyclic) bond motifs is 2. The average molecular weight is 298 g/mol. The van der Waals surface area contributed by atoms with Crippen molar-refractivity contribution in [1.29, 1.82) is 0 Å². The van der Waals surface area contributed by atoms with Crippen molar-refractivity contribution in [2.45, 2.75) is 20.3 Å². The third kappa shape index (κ3) is 3.78. The molecule has 0 bridgehead atoms. The summed E-state index contributed by atoms with van der Waals surface area (Å²) in [5.41, 5.74) is 2.73. The van der Waals surface area contributed by atoms with Crippen molar-refractivity contribution in [1.82, 2.24) is 0 Å². The van der Waals surface area contributed by atoms with Crippen molar-refractivity contribution in [3.8, 4) is 0 Å². The minimum Gasteiger partial charge on any atom is -0.0622 e. The first-order valence-electron chi connectivity index (χ1n) is 8.19. The molecule has 0 aromatic heterocycles. The Kier molecular flexibility index (Phi) is 4.73. The predicted molar refractivity (Wildman–Crippen MR) is 102 cm³/mol. The molecular formula is C23H22. The predicted octanol–water partition coefficient (Wildman–Crippen LogP) is 6.55. The Balaban J connectivity index is 0.000000166. The summed E-state index contributed by atoms with van der Waals surface area (Å²) in [6.07, 6.45) is 1.14. The molecule has 0 aliphatic heterocycles. The van der Waals surface area contributed by atoms with Gasteiger partial charge in [-0.2, -0.15) is 0 Å². The molecule has 0 aliphatic rings. The van der Waals surface area contributed by atoms with Gasteiger partial charge in [0.2, 0.25) is 0 Å². The van der Waals surface area contributed by atoms with Crippen LogP contribution in [-0.4, -0.2) is 0 Å². The zero-order valence-electron chi connectivity index (χ0n) is 13.8. The second-order valence-corrected chi connectivity index (χ2v) is 5.89. The summed E-state index contributed by atoms with van der Waals surface area (Å²) in [5.74, 6) is 0. The van der Waals surface area contributed by atoms with Crippen LogP contribution in [0.4, 0.5) is 0 Å². The van der Waals surface area contributed by atoms with Crippen molar-refractivity contribution in [3.05, 3.63) is 96.1 Å². The first-order chi connectivity index (χ1) is 11.3. The van der Waals surface area contributed by atoms with Crippen molar-refractivity contribution >= 4 is 21.5 Å². The molecule has 0 fully saturated rings. The monoisotopic (exact) mass is 298 g/mol. The van der Waals surface area contributed by atoms with Crippen LogP contribution in [0.2, 0.25) is 0 Å².